The second-order valence-corrected chi connectivity index (χ2v) is 5.05. The average molecular weight is 194 g/mol. The van der Waals surface area contributed by atoms with Gasteiger partial charge in [-0.15, -0.1) is 0 Å². The van der Waals surface area contributed by atoms with Crippen LogP contribution in [0.1, 0.15) is 56.9 Å². The molecular formula is C11H18N2O. The van der Waals surface area contributed by atoms with Gasteiger partial charge < -0.3 is 10.2 Å². The Balaban J connectivity index is 2.37. The molecule has 0 saturated heterocycles. The fourth-order valence-electron chi connectivity index (χ4n) is 1.60. The molecule has 0 unspecified atom stereocenters. The zero-order chi connectivity index (χ0) is 10.3. The summed E-state index contributed by atoms with van der Waals surface area (Å²) >= 11 is 0. The molecule has 0 spiro atoms. The van der Waals surface area contributed by atoms with Gasteiger partial charge in [0.1, 0.15) is 5.76 Å². The predicted molar refractivity (Wildman–Crippen MR) is 55.1 cm³/mol. The van der Waals surface area contributed by atoms with E-state index >= 15 is 0 Å². The van der Waals surface area contributed by atoms with E-state index in [0.717, 1.165) is 17.3 Å². The van der Waals surface area contributed by atoms with Gasteiger partial charge >= 0.3 is 0 Å². The van der Waals surface area contributed by atoms with Crippen LogP contribution in [0.4, 0.5) is 0 Å². The highest BCUT2D eigenvalue weighted by molar-refractivity contribution is 5.21. The molecule has 0 aliphatic heterocycles. The van der Waals surface area contributed by atoms with E-state index in [4.69, 9.17) is 10.2 Å². The van der Waals surface area contributed by atoms with E-state index in [1.807, 2.05) is 0 Å². The van der Waals surface area contributed by atoms with Crippen LogP contribution >= 0.6 is 0 Å². The maximum atomic E-state index is 5.68. The van der Waals surface area contributed by atoms with Crippen molar-refractivity contribution >= 4 is 0 Å². The fraction of sp³-hybridized carbons (Fsp3) is 0.727. The Bertz CT molecular complexity index is 332. The predicted octanol–water partition coefficient (Wildman–Crippen LogP) is 2.31. The smallest absolute Gasteiger partial charge is 0.197 e. The van der Waals surface area contributed by atoms with Crippen molar-refractivity contribution in [2.75, 3.05) is 0 Å². The highest BCUT2D eigenvalue weighted by Crippen LogP contribution is 2.41. The van der Waals surface area contributed by atoms with Crippen molar-refractivity contribution in [3.05, 3.63) is 17.3 Å². The number of nitrogens with two attached hydrogens (primary N) is 1. The second-order valence-electron chi connectivity index (χ2n) is 5.05. The quantitative estimate of drug-likeness (QED) is 0.786. The largest absolute Gasteiger partial charge is 0.444 e. The third-order valence-corrected chi connectivity index (χ3v) is 2.54. The number of hydrogen-bond donors (Lipinski definition) is 1. The van der Waals surface area contributed by atoms with Crippen LogP contribution in [0.5, 0.6) is 0 Å². The van der Waals surface area contributed by atoms with Gasteiger partial charge in [-0.25, -0.2) is 4.98 Å². The van der Waals surface area contributed by atoms with E-state index in [1.165, 1.54) is 12.8 Å². The van der Waals surface area contributed by atoms with Gasteiger partial charge in [0.05, 0.1) is 12.2 Å². The first-order valence-corrected chi connectivity index (χ1v) is 5.22. The molecule has 1 aromatic heterocycles. The molecule has 1 aliphatic carbocycles. The average Bonchev–Trinajstić information content (AvgIpc) is 2.83. The lowest BCUT2D eigenvalue weighted by atomic mass is 9.91. The molecule has 1 heterocycles. The molecule has 0 amide bonds. The second kappa shape index (κ2) is 3.09. The Hall–Kier alpha value is -0.830. The summed E-state index contributed by atoms with van der Waals surface area (Å²) in [5.41, 5.74) is 6.71. The Morgan fingerprint density at radius 1 is 1.43 bits per heavy atom. The van der Waals surface area contributed by atoms with Crippen LogP contribution in [0.2, 0.25) is 0 Å². The van der Waals surface area contributed by atoms with Gasteiger partial charge in [-0.2, -0.15) is 0 Å². The van der Waals surface area contributed by atoms with Crippen molar-refractivity contribution in [3.8, 4) is 0 Å². The minimum Gasteiger partial charge on any atom is -0.444 e. The molecule has 0 radical (unpaired) electrons. The van der Waals surface area contributed by atoms with E-state index in [0.29, 0.717) is 12.5 Å². The molecule has 78 valence electrons. The van der Waals surface area contributed by atoms with Crippen LogP contribution < -0.4 is 5.73 Å². The van der Waals surface area contributed by atoms with Crippen molar-refractivity contribution in [1.82, 2.24) is 4.98 Å². The summed E-state index contributed by atoms with van der Waals surface area (Å²) in [7, 11) is 0. The van der Waals surface area contributed by atoms with Gasteiger partial charge in [-0.3, -0.25) is 0 Å². The van der Waals surface area contributed by atoms with Gasteiger partial charge in [0.25, 0.3) is 0 Å². The molecule has 1 aliphatic rings. The van der Waals surface area contributed by atoms with Crippen molar-refractivity contribution in [2.45, 2.75) is 51.5 Å². The first kappa shape index (κ1) is 9.71. The summed E-state index contributed by atoms with van der Waals surface area (Å²) in [5.74, 6) is 2.33. The molecule has 0 bridgehead atoms. The third kappa shape index (κ3) is 1.69. The summed E-state index contributed by atoms with van der Waals surface area (Å²) in [4.78, 5) is 4.57. The zero-order valence-electron chi connectivity index (χ0n) is 9.13. The molecule has 1 fully saturated rings. The van der Waals surface area contributed by atoms with Gasteiger partial charge in [0, 0.05) is 11.3 Å². The molecule has 1 saturated carbocycles. The molecule has 2 rings (SSSR count). The van der Waals surface area contributed by atoms with Crippen molar-refractivity contribution < 1.29 is 4.42 Å². The van der Waals surface area contributed by atoms with Crippen LogP contribution in [0.3, 0.4) is 0 Å². The zero-order valence-corrected chi connectivity index (χ0v) is 9.13. The lowest BCUT2D eigenvalue weighted by Crippen LogP contribution is -2.15. The normalized spacial score (nSPS) is 17.4. The number of nitrogens with zero attached hydrogens (tertiary/aromatic N) is 1. The van der Waals surface area contributed by atoms with Gasteiger partial charge in [-0.1, -0.05) is 20.8 Å². The van der Waals surface area contributed by atoms with Crippen LogP contribution in [-0.2, 0) is 12.0 Å². The van der Waals surface area contributed by atoms with E-state index in [2.05, 4.69) is 25.8 Å². The Morgan fingerprint density at radius 2 is 2.07 bits per heavy atom. The molecule has 1 aromatic rings. The molecule has 0 aromatic carbocycles. The molecule has 3 nitrogen and oxygen atoms in total. The first-order chi connectivity index (χ1) is 6.52. The Morgan fingerprint density at radius 3 is 2.43 bits per heavy atom. The van der Waals surface area contributed by atoms with E-state index in [1.54, 1.807) is 0 Å². The van der Waals surface area contributed by atoms with Crippen molar-refractivity contribution in [1.29, 1.82) is 0 Å². The standard InChI is InChI=1S/C11H18N2O/c1-11(2,3)9-8(6-12)14-10(13-9)7-4-5-7/h7H,4-6,12H2,1-3H3. The minimum absolute atomic E-state index is 0.0331. The van der Waals surface area contributed by atoms with Crippen LogP contribution in [0.25, 0.3) is 0 Å². The minimum atomic E-state index is 0.0331. The van der Waals surface area contributed by atoms with Gasteiger partial charge in [0.2, 0.25) is 0 Å². The van der Waals surface area contributed by atoms with Gasteiger partial charge in [0.15, 0.2) is 5.89 Å². The van der Waals surface area contributed by atoms with Crippen LogP contribution in [-0.4, -0.2) is 4.98 Å². The highest BCUT2D eigenvalue weighted by Gasteiger charge is 2.32. The molecule has 14 heavy (non-hydrogen) atoms. The lowest BCUT2D eigenvalue weighted by molar-refractivity contribution is 0.450. The monoisotopic (exact) mass is 194 g/mol. The summed E-state index contributed by atoms with van der Waals surface area (Å²) in [6.07, 6.45) is 2.43. The molecule has 0 atom stereocenters. The number of oxazole rings is 1. The Labute approximate surface area is 84.7 Å². The Kier molecular flexibility index (Phi) is 2.14. The van der Waals surface area contributed by atoms with Crippen LogP contribution in [0, 0.1) is 0 Å². The van der Waals surface area contributed by atoms with Crippen molar-refractivity contribution in [3.63, 3.8) is 0 Å². The number of hydrogen-bond acceptors (Lipinski definition) is 3. The lowest BCUT2D eigenvalue weighted by Gasteiger charge is -2.15. The number of rotatable bonds is 2. The van der Waals surface area contributed by atoms with E-state index < -0.39 is 0 Å². The SMILES string of the molecule is CC(C)(C)c1nc(C2CC2)oc1CN. The third-order valence-electron chi connectivity index (χ3n) is 2.54. The summed E-state index contributed by atoms with van der Waals surface area (Å²) in [6.45, 7) is 6.87. The van der Waals surface area contributed by atoms with E-state index in [-0.39, 0.29) is 5.41 Å². The molecular weight excluding hydrogens is 176 g/mol. The maximum absolute atomic E-state index is 5.68. The summed E-state index contributed by atoms with van der Waals surface area (Å²) in [6, 6.07) is 0. The highest BCUT2D eigenvalue weighted by atomic mass is 16.4. The fourth-order valence-corrected chi connectivity index (χ4v) is 1.60. The summed E-state index contributed by atoms with van der Waals surface area (Å²) < 4.78 is 5.68. The molecule has 2 N–H and O–H groups in total. The summed E-state index contributed by atoms with van der Waals surface area (Å²) in [5, 5.41) is 0. The topological polar surface area (TPSA) is 52.0 Å². The van der Waals surface area contributed by atoms with Gasteiger partial charge in [-0.05, 0) is 12.8 Å². The van der Waals surface area contributed by atoms with Crippen molar-refractivity contribution in [2.24, 2.45) is 5.73 Å². The van der Waals surface area contributed by atoms with Crippen LogP contribution in [0.15, 0.2) is 4.42 Å². The first-order valence-electron chi connectivity index (χ1n) is 5.22. The molecule has 3 heteroatoms. The number of aromatic nitrogens is 1. The van der Waals surface area contributed by atoms with E-state index in [9.17, 15) is 0 Å². The maximum Gasteiger partial charge on any atom is 0.197 e.